The zero-order valence-electron chi connectivity index (χ0n) is 23.6. The average molecular weight is 535 g/mol. The van der Waals surface area contributed by atoms with Gasteiger partial charge in [-0.2, -0.15) is 5.10 Å². The number of carbonyl (C=O) groups is 1. The van der Waals surface area contributed by atoms with Gasteiger partial charge in [0.25, 0.3) is 0 Å². The second-order valence-corrected chi connectivity index (χ2v) is 11.6. The van der Waals surface area contributed by atoms with E-state index in [0.717, 1.165) is 44.5 Å². The topological polar surface area (TPSA) is 75.9 Å². The Hall–Kier alpha value is -4.46. The number of piperazine rings is 1. The molecule has 0 aliphatic carbocycles. The van der Waals surface area contributed by atoms with Gasteiger partial charge in [0.2, 0.25) is 0 Å². The van der Waals surface area contributed by atoms with Crippen molar-refractivity contribution in [2.75, 3.05) is 18.0 Å². The summed E-state index contributed by atoms with van der Waals surface area (Å²) in [5, 5.41) is 5.71. The number of benzene rings is 2. The smallest absolute Gasteiger partial charge is 0.410 e. The van der Waals surface area contributed by atoms with Crippen molar-refractivity contribution in [2.24, 2.45) is 0 Å². The molecule has 0 N–H and O–H groups in total. The first-order chi connectivity index (χ1) is 19.2. The molecule has 6 rings (SSSR count). The number of aromatic nitrogens is 4. The molecule has 1 fully saturated rings. The molecule has 1 aliphatic heterocycles. The van der Waals surface area contributed by atoms with E-state index in [9.17, 15) is 4.79 Å². The third-order valence-electron chi connectivity index (χ3n) is 7.37. The molecule has 3 aromatic heterocycles. The van der Waals surface area contributed by atoms with Crippen molar-refractivity contribution in [1.29, 1.82) is 0 Å². The number of rotatable bonds is 3. The first-order valence-electron chi connectivity index (χ1n) is 13.7. The van der Waals surface area contributed by atoms with Crippen molar-refractivity contribution in [3.8, 4) is 22.3 Å². The van der Waals surface area contributed by atoms with E-state index in [1.165, 1.54) is 0 Å². The van der Waals surface area contributed by atoms with Crippen LogP contribution >= 0.6 is 0 Å². The van der Waals surface area contributed by atoms with Crippen molar-refractivity contribution < 1.29 is 9.53 Å². The van der Waals surface area contributed by atoms with E-state index in [0.29, 0.717) is 13.1 Å². The number of amides is 1. The molecule has 1 amide bonds. The Morgan fingerprint density at radius 3 is 2.33 bits per heavy atom. The predicted molar refractivity (Wildman–Crippen MR) is 158 cm³/mol. The summed E-state index contributed by atoms with van der Waals surface area (Å²) in [6.45, 7) is 11.2. The molecule has 8 heteroatoms. The molecular weight excluding hydrogens is 500 g/mol. The Bertz CT molecular complexity index is 1670. The summed E-state index contributed by atoms with van der Waals surface area (Å²) in [5.41, 5.74) is 6.50. The molecule has 0 spiro atoms. The maximum absolute atomic E-state index is 12.7. The van der Waals surface area contributed by atoms with E-state index < -0.39 is 5.60 Å². The van der Waals surface area contributed by atoms with Crippen LogP contribution in [0, 0.1) is 0 Å². The maximum atomic E-state index is 12.7. The Balaban J connectivity index is 1.22. The molecular formula is C32H34N6O2. The van der Waals surface area contributed by atoms with Crippen LogP contribution in [-0.4, -0.2) is 61.3 Å². The van der Waals surface area contributed by atoms with Crippen LogP contribution in [-0.2, 0) is 4.74 Å². The Morgan fingerprint density at radius 1 is 0.875 bits per heavy atom. The fourth-order valence-electron chi connectivity index (χ4n) is 5.68. The molecule has 2 atom stereocenters. The lowest BCUT2D eigenvalue weighted by atomic mass is 10.0. The zero-order valence-corrected chi connectivity index (χ0v) is 23.6. The van der Waals surface area contributed by atoms with Gasteiger partial charge in [-0.05, 0) is 70.0 Å². The van der Waals surface area contributed by atoms with E-state index in [-0.39, 0.29) is 18.2 Å². The van der Waals surface area contributed by atoms with Crippen LogP contribution in [0.3, 0.4) is 0 Å². The van der Waals surface area contributed by atoms with Crippen LogP contribution in [0.4, 0.5) is 10.5 Å². The van der Waals surface area contributed by atoms with Gasteiger partial charge in [0.15, 0.2) is 5.65 Å². The summed E-state index contributed by atoms with van der Waals surface area (Å²) < 4.78 is 7.45. The fourth-order valence-corrected chi connectivity index (χ4v) is 5.68. The van der Waals surface area contributed by atoms with Crippen molar-refractivity contribution in [2.45, 2.75) is 52.3 Å². The van der Waals surface area contributed by atoms with Gasteiger partial charge < -0.3 is 14.5 Å². The second kappa shape index (κ2) is 9.93. The highest BCUT2D eigenvalue weighted by atomic mass is 16.6. The number of pyridine rings is 1. The SMILES string of the molecule is C[C@@H]1CN(C(=O)OC(C)(C)C)C[C@H](C)N1c1ccc(-c2cnc3c(-c4ccnc5ccccc45)cnn3c2)cc1. The first-order valence-corrected chi connectivity index (χ1v) is 13.7. The summed E-state index contributed by atoms with van der Waals surface area (Å²) in [4.78, 5) is 26.1. The molecule has 1 saturated heterocycles. The number of para-hydroxylation sites is 1. The molecule has 0 unspecified atom stereocenters. The maximum Gasteiger partial charge on any atom is 0.410 e. The van der Waals surface area contributed by atoms with E-state index >= 15 is 0 Å². The molecule has 0 saturated carbocycles. The fraction of sp³-hybridized carbons (Fsp3) is 0.312. The van der Waals surface area contributed by atoms with E-state index in [1.54, 1.807) is 0 Å². The number of nitrogens with zero attached hydrogens (tertiary/aromatic N) is 6. The van der Waals surface area contributed by atoms with Crippen LogP contribution in [0.1, 0.15) is 34.6 Å². The van der Waals surface area contributed by atoms with Crippen molar-refractivity contribution in [3.05, 3.63) is 79.4 Å². The molecule has 1 aliphatic rings. The Morgan fingerprint density at radius 2 is 1.60 bits per heavy atom. The molecule has 4 heterocycles. The van der Waals surface area contributed by atoms with Gasteiger partial charge in [-0.15, -0.1) is 0 Å². The molecule has 5 aromatic rings. The number of ether oxygens (including phenoxy) is 1. The number of fused-ring (bicyclic) bond motifs is 2. The highest BCUT2D eigenvalue weighted by Gasteiger charge is 2.34. The standard InChI is InChI=1S/C32H34N6O2/c1-21-18-36(31(39)40-32(3,4)5)19-22(2)38(21)25-12-10-23(11-13-25)24-16-34-30-28(17-35-37(30)20-24)26-14-15-33-29-9-7-6-8-27(26)29/h6-17,20-22H,18-19H2,1-5H3/t21-,22+. The first kappa shape index (κ1) is 25.8. The third-order valence-corrected chi connectivity index (χ3v) is 7.37. The lowest BCUT2D eigenvalue weighted by Gasteiger charge is -2.45. The number of hydrogen-bond donors (Lipinski definition) is 0. The quantitative estimate of drug-likeness (QED) is 0.265. The largest absolute Gasteiger partial charge is 0.444 e. The lowest BCUT2D eigenvalue weighted by molar-refractivity contribution is 0.0193. The van der Waals surface area contributed by atoms with Crippen molar-refractivity contribution >= 4 is 28.3 Å². The number of anilines is 1. The average Bonchev–Trinajstić information content (AvgIpc) is 3.35. The zero-order chi connectivity index (χ0) is 28.0. The van der Waals surface area contributed by atoms with Crippen LogP contribution in [0.2, 0.25) is 0 Å². The van der Waals surface area contributed by atoms with Crippen molar-refractivity contribution in [1.82, 2.24) is 24.5 Å². The minimum atomic E-state index is -0.500. The molecule has 8 nitrogen and oxygen atoms in total. The van der Waals surface area contributed by atoms with Crippen LogP contribution < -0.4 is 4.90 Å². The minimum absolute atomic E-state index is 0.159. The highest BCUT2D eigenvalue weighted by Crippen LogP contribution is 2.32. The summed E-state index contributed by atoms with van der Waals surface area (Å²) in [5.74, 6) is 0. The van der Waals surface area contributed by atoms with Gasteiger partial charge in [0.05, 0.1) is 11.7 Å². The van der Waals surface area contributed by atoms with Gasteiger partial charge in [-0.25, -0.2) is 14.3 Å². The van der Waals surface area contributed by atoms with Crippen LogP contribution in [0.15, 0.2) is 79.4 Å². The van der Waals surface area contributed by atoms with E-state index in [2.05, 4.69) is 59.2 Å². The summed E-state index contributed by atoms with van der Waals surface area (Å²) in [6.07, 6.45) is 7.38. The molecule has 204 valence electrons. The van der Waals surface area contributed by atoms with Crippen LogP contribution in [0.25, 0.3) is 38.8 Å². The van der Waals surface area contributed by atoms with E-state index in [1.807, 2.05) is 79.2 Å². The molecule has 0 radical (unpaired) electrons. The van der Waals surface area contributed by atoms with Gasteiger partial charge in [-0.3, -0.25) is 4.98 Å². The van der Waals surface area contributed by atoms with Gasteiger partial charge in [0.1, 0.15) is 5.60 Å². The minimum Gasteiger partial charge on any atom is -0.444 e. The van der Waals surface area contributed by atoms with Gasteiger partial charge in [-0.1, -0.05) is 30.3 Å². The van der Waals surface area contributed by atoms with Crippen LogP contribution in [0.5, 0.6) is 0 Å². The summed E-state index contributed by atoms with van der Waals surface area (Å²) >= 11 is 0. The van der Waals surface area contributed by atoms with Crippen molar-refractivity contribution in [3.63, 3.8) is 0 Å². The predicted octanol–water partition coefficient (Wildman–Crippen LogP) is 6.45. The molecule has 2 aromatic carbocycles. The second-order valence-electron chi connectivity index (χ2n) is 11.6. The van der Waals surface area contributed by atoms with Gasteiger partial charge in [0, 0.05) is 66.0 Å². The monoisotopic (exact) mass is 534 g/mol. The summed E-state index contributed by atoms with van der Waals surface area (Å²) in [7, 11) is 0. The Kier molecular flexibility index (Phi) is 6.41. The molecule has 0 bridgehead atoms. The highest BCUT2D eigenvalue weighted by molar-refractivity contribution is 5.97. The lowest BCUT2D eigenvalue weighted by Crippen LogP contribution is -2.58. The summed E-state index contributed by atoms with van der Waals surface area (Å²) in [6, 6.07) is 19.0. The van der Waals surface area contributed by atoms with E-state index in [4.69, 9.17) is 9.72 Å². The van der Waals surface area contributed by atoms with Gasteiger partial charge >= 0.3 is 6.09 Å². The number of carbonyl (C=O) groups excluding carboxylic acids is 1. The Labute approximate surface area is 234 Å². The normalized spacial score (nSPS) is 17.9. The molecule has 40 heavy (non-hydrogen) atoms. The number of hydrogen-bond acceptors (Lipinski definition) is 6. The third kappa shape index (κ3) is 4.85.